The van der Waals surface area contributed by atoms with Crippen LogP contribution in [0.4, 0.5) is 11.8 Å². The first-order valence-corrected chi connectivity index (χ1v) is 10.3. The third kappa shape index (κ3) is 4.54. The highest BCUT2D eigenvalue weighted by Crippen LogP contribution is 2.25. The summed E-state index contributed by atoms with van der Waals surface area (Å²) in [5, 5.41) is 3.62. The highest BCUT2D eigenvalue weighted by atomic mass is 15.3. The van der Waals surface area contributed by atoms with E-state index < -0.39 is 0 Å². The van der Waals surface area contributed by atoms with Crippen LogP contribution in [0.5, 0.6) is 0 Å². The number of anilines is 2. The summed E-state index contributed by atoms with van der Waals surface area (Å²) in [7, 11) is 0. The number of rotatable bonds is 5. The standard InChI is InChI=1S/C22H30N4/c1-3-7-18(8-4-1)17-19-12-15-26(16-13-19)22-23-14-11-21(25-22)24-20-9-5-2-6-10-20/h1,3-4,7-8,11,14,19-20H,2,5-6,9-10,12-13,15-17H2,(H,23,24,25). The van der Waals surface area contributed by atoms with E-state index >= 15 is 0 Å². The van der Waals surface area contributed by atoms with Crippen LogP contribution >= 0.6 is 0 Å². The zero-order valence-electron chi connectivity index (χ0n) is 15.6. The van der Waals surface area contributed by atoms with Gasteiger partial charge in [0.1, 0.15) is 5.82 Å². The van der Waals surface area contributed by atoms with Gasteiger partial charge in [-0.2, -0.15) is 4.98 Å². The van der Waals surface area contributed by atoms with Crippen molar-refractivity contribution in [3.05, 3.63) is 48.2 Å². The molecule has 0 radical (unpaired) electrons. The molecule has 0 unspecified atom stereocenters. The molecule has 4 heteroatoms. The Morgan fingerprint density at radius 1 is 0.923 bits per heavy atom. The number of aromatic nitrogens is 2. The fourth-order valence-corrected chi connectivity index (χ4v) is 4.32. The van der Waals surface area contributed by atoms with Gasteiger partial charge in [0.25, 0.3) is 0 Å². The van der Waals surface area contributed by atoms with Crippen LogP contribution in [0, 0.1) is 5.92 Å². The number of piperidine rings is 1. The molecule has 1 aliphatic carbocycles. The minimum atomic E-state index is 0.586. The number of hydrogen-bond acceptors (Lipinski definition) is 4. The molecule has 0 bridgehead atoms. The first-order valence-electron chi connectivity index (χ1n) is 10.3. The van der Waals surface area contributed by atoms with E-state index in [2.05, 4.69) is 45.5 Å². The van der Waals surface area contributed by atoms with E-state index in [4.69, 9.17) is 4.98 Å². The highest BCUT2D eigenvalue weighted by Gasteiger charge is 2.22. The number of nitrogens with one attached hydrogen (secondary N) is 1. The van der Waals surface area contributed by atoms with Gasteiger partial charge in [-0.25, -0.2) is 4.98 Å². The Bertz CT molecular complexity index is 674. The summed E-state index contributed by atoms with van der Waals surface area (Å²) in [5.74, 6) is 2.66. The predicted octanol–water partition coefficient (Wildman–Crippen LogP) is 4.68. The third-order valence-corrected chi connectivity index (χ3v) is 5.86. The van der Waals surface area contributed by atoms with E-state index in [1.54, 1.807) is 0 Å². The first kappa shape index (κ1) is 17.3. The second kappa shape index (κ2) is 8.52. The molecule has 1 N–H and O–H groups in total. The molecule has 1 aliphatic heterocycles. The van der Waals surface area contributed by atoms with Crippen LogP contribution < -0.4 is 10.2 Å². The van der Waals surface area contributed by atoms with Crippen LogP contribution in [0.25, 0.3) is 0 Å². The van der Waals surface area contributed by atoms with Crippen LogP contribution in [0.15, 0.2) is 42.6 Å². The van der Waals surface area contributed by atoms with Crippen molar-refractivity contribution in [1.82, 2.24) is 9.97 Å². The normalized spacial score (nSPS) is 19.5. The van der Waals surface area contributed by atoms with Crippen molar-refractivity contribution in [2.75, 3.05) is 23.3 Å². The van der Waals surface area contributed by atoms with Crippen LogP contribution in [0.2, 0.25) is 0 Å². The predicted molar refractivity (Wildman–Crippen MR) is 108 cm³/mol. The van der Waals surface area contributed by atoms with Gasteiger partial charge in [-0.15, -0.1) is 0 Å². The van der Waals surface area contributed by atoms with Crippen molar-refractivity contribution in [3.8, 4) is 0 Å². The van der Waals surface area contributed by atoms with Gasteiger partial charge in [-0.3, -0.25) is 0 Å². The molecule has 1 saturated carbocycles. The zero-order chi connectivity index (χ0) is 17.6. The minimum Gasteiger partial charge on any atom is -0.367 e. The zero-order valence-corrected chi connectivity index (χ0v) is 15.6. The molecule has 2 heterocycles. The molecule has 4 rings (SSSR count). The van der Waals surface area contributed by atoms with Crippen molar-refractivity contribution in [3.63, 3.8) is 0 Å². The summed E-state index contributed by atoms with van der Waals surface area (Å²) >= 11 is 0. The SMILES string of the molecule is c1ccc(CC2CCN(c3nccc(NC4CCCCC4)n3)CC2)cc1. The molecule has 2 fully saturated rings. The lowest BCUT2D eigenvalue weighted by Crippen LogP contribution is -2.35. The Morgan fingerprint density at radius 2 is 1.69 bits per heavy atom. The average Bonchev–Trinajstić information content (AvgIpc) is 2.70. The van der Waals surface area contributed by atoms with Crippen molar-refractivity contribution < 1.29 is 0 Å². The lowest BCUT2D eigenvalue weighted by Gasteiger charge is -2.32. The summed E-state index contributed by atoms with van der Waals surface area (Å²) < 4.78 is 0. The van der Waals surface area contributed by atoms with Gasteiger partial charge in [0.2, 0.25) is 5.95 Å². The molecule has 1 aromatic heterocycles. The van der Waals surface area contributed by atoms with Crippen LogP contribution in [0.3, 0.4) is 0 Å². The Balaban J connectivity index is 1.31. The molecule has 0 spiro atoms. The summed E-state index contributed by atoms with van der Waals surface area (Å²) in [5.41, 5.74) is 1.46. The largest absolute Gasteiger partial charge is 0.367 e. The van der Waals surface area contributed by atoms with Crippen molar-refractivity contribution in [2.45, 2.75) is 57.4 Å². The topological polar surface area (TPSA) is 41.1 Å². The molecule has 4 nitrogen and oxygen atoms in total. The Hall–Kier alpha value is -2.10. The highest BCUT2D eigenvalue weighted by molar-refractivity contribution is 5.42. The van der Waals surface area contributed by atoms with Crippen LogP contribution in [0.1, 0.15) is 50.5 Å². The van der Waals surface area contributed by atoms with Crippen LogP contribution in [-0.4, -0.2) is 29.1 Å². The Morgan fingerprint density at radius 3 is 2.46 bits per heavy atom. The maximum absolute atomic E-state index is 4.80. The van der Waals surface area contributed by atoms with Crippen molar-refractivity contribution in [2.24, 2.45) is 5.92 Å². The number of hydrogen-bond donors (Lipinski definition) is 1. The minimum absolute atomic E-state index is 0.586. The second-order valence-corrected chi connectivity index (χ2v) is 7.84. The number of benzene rings is 1. The fourth-order valence-electron chi connectivity index (χ4n) is 4.32. The quantitative estimate of drug-likeness (QED) is 0.850. The van der Waals surface area contributed by atoms with Gasteiger partial charge >= 0.3 is 0 Å². The first-order chi connectivity index (χ1) is 12.9. The van der Waals surface area contributed by atoms with Crippen molar-refractivity contribution >= 4 is 11.8 Å². The second-order valence-electron chi connectivity index (χ2n) is 7.84. The molecule has 2 aromatic rings. The maximum atomic E-state index is 4.80. The lowest BCUT2D eigenvalue weighted by atomic mass is 9.90. The molecule has 1 saturated heterocycles. The molecule has 1 aromatic carbocycles. The Labute approximate surface area is 157 Å². The average molecular weight is 351 g/mol. The van der Waals surface area contributed by atoms with E-state index in [-0.39, 0.29) is 0 Å². The molecule has 138 valence electrons. The molecular formula is C22H30N4. The third-order valence-electron chi connectivity index (χ3n) is 5.86. The lowest BCUT2D eigenvalue weighted by molar-refractivity contribution is 0.400. The Kier molecular flexibility index (Phi) is 5.68. The summed E-state index contributed by atoms with van der Waals surface area (Å²) in [4.78, 5) is 11.7. The molecular weight excluding hydrogens is 320 g/mol. The molecule has 2 aliphatic rings. The summed E-state index contributed by atoms with van der Waals surface area (Å²) in [6.45, 7) is 2.12. The number of nitrogens with zero attached hydrogens (tertiary/aromatic N) is 3. The van der Waals surface area contributed by atoms with E-state index in [1.807, 2.05) is 12.3 Å². The maximum Gasteiger partial charge on any atom is 0.227 e. The van der Waals surface area contributed by atoms with Gasteiger partial charge in [0, 0.05) is 25.3 Å². The van der Waals surface area contributed by atoms with Gasteiger partial charge < -0.3 is 10.2 Å². The van der Waals surface area contributed by atoms with Gasteiger partial charge in [0.05, 0.1) is 0 Å². The van der Waals surface area contributed by atoms with Gasteiger partial charge in [-0.1, -0.05) is 49.6 Å². The summed E-state index contributed by atoms with van der Waals surface area (Å²) in [6.07, 6.45) is 12.1. The van der Waals surface area contributed by atoms with E-state index in [0.717, 1.165) is 30.8 Å². The molecule has 0 atom stereocenters. The van der Waals surface area contributed by atoms with E-state index in [9.17, 15) is 0 Å². The molecule has 0 amide bonds. The van der Waals surface area contributed by atoms with Gasteiger partial charge in [0.15, 0.2) is 0 Å². The van der Waals surface area contributed by atoms with Crippen molar-refractivity contribution in [1.29, 1.82) is 0 Å². The smallest absolute Gasteiger partial charge is 0.227 e. The van der Waals surface area contributed by atoms with E-state index in [1.165, 1.54) is 56.9 Å². The van der Waals surface area contributed by atoms with Crippen LogP contribution in [-0.2, 0) is 6.42 Å². The van der Waals surface area contributed by atoms with E-state index in [0.29, 0.717) is 6.04 Å². The summed E-state index contributed by atoms with van der Waals surface area (Å²) in [6, 6.07) is 13.5. The fraction of sp³-hybridized carbons (Fsp3) is 0.545. The van der Waals surface area contributed by atoms with Gasteiger partial charge in [-0.05, 0) is 49.7 Å². The monoisotopic (exact) mass is 350 g/mol. The molecule has 26 heavy (non-hydrogen) atoms.